The first-order chi connectivity index (χ1) is 8.29. The van der Waals surface area contributed by atoms with Gasteiger partial charge in [0, 0.05) is 18.2 Å². The first-order valence-corrected chi connectivity index (χ1v) is 5.51. The van der Waals surface area contributed by atoms with Gasteiger partial charge in [-0.15, -0.1) is 0 Å². The molecule has 0 saturated heterocycles. The highest BCUT2D eigenvalue weighted by atomic mass is 16.6. The maximum atomic E-state index is 11.6. The first-order valence-electron chi connectivity index (χ1n) is 5.51. The first kappa shape index (κ1) is 14.1. The van der Waals surface area contributed by atoms with E-state index in [0.29, 0.717) is 5.56 Å². The van der Waals surface area contributed by atoms with Gasteiger partial charge in [0.25, 0.3) is 5.69 Å². The van der Waals surface area contributed by atoms with Crippen LogP contribution in [0.5, 0.6) is 0 Å². The Morgan fingerprint density at radius 3 is 2.61 bits per heavy atom. The largest absolute Gasteiger partial charge is 0.389 e. The van der Waals surface area contributed by atoms with Crippen molar-refractivity contribution in [3.63, 3.8) is 0 Å². The molecular formula is C12H16N2O4. The van der Waals surface area contributed by atoms with Gasteiger partial charge in [0.2, 0.25) is 5.91 Å². The Kier molecular flexibility index (Phi) is 4.38. The Bertz CT molecular complexity index is 452. The van der Waals surface area contributed by atoms with Crippen LogP contribution in [0.25, 0.3) is 0 Å². The monoisotopic (exact) mass is 252 g/mol. The molecule has 0 fully saturated rings. The van der Waals surface area contributed by atoms with Crippen molar-refractivity contribution in [3.05, 3.63) is 39.9 Å². The van der Waals surface area contributed by atoms with Gasteiger partial charge in [0.15, 0.2) is 0 Å². The van der Waals surface area contributed by atoms with Crippen LogP contribution in [-0.4, -0.2) is 28.1 Å². The maximum absolute atomic E-state index is 11.6. The fraction of sp³-hybridized carbons (Fsp3) is 0.417. The Morgan fingerprint density at radius 1 is 1.44 bits per heavy atom. The molecule has 0 aromatic heterocycles. The zero-order chi connectivity index (χ0) is 13.8. The lowest BCUT2D eigenvalue weighted by atomic mass is 10.1. The summed E-state index contributed by atoms with van der Waals surface area (Å²) in [6, 6.07) is 6.10. The second kappa shape index (κ2) is 5.59. The van der Waals surface area contributed by atoms with Crippen LogP contribution >= 0.6 is 0 Å². The normalized spacial score (nSPS) is 11.1. The zero-order valence-electron chi connectivity index (χ0n) is 10.3. The molecule has 6 nitrogen and oxygen atoms in total. The lowest BCUT2D eigenvalue weighted by Gasteiger charge is -2.17. The molecule has 0 radical (unpaired) electrons. The smallest absolute Gasteiger partial charge is 0.273 e. The van der Waals surface area contributed by atoms with Gasteiger partial charge < -0.3 is 10.4 Å². The van der Waals surface area contributed by atoms with E-state index in [0.717, 1.165) is 0 Å². The summed E-state index contributed by atoms with van der Waals surface area (Å²) in [5.41, 5.74) is -0.718. The topological polar surface area (TPSA) is 92.5 Å². The van der Waals surface area contributed by atoms with E-state index < -0.39 is 10.5 Å². The fourth-order valence-electron chi connectivity index (χ4n) is 1.39. The van der Waals surface area contributed by atoms with Crippen LogP contribution in [0.1, 0.15) is 19.4 Å². The quantitative estimate of drug-likeness (QED) is 0.604. The number of nitrogens with one attached hydrogen (secondary N) is 1. The van der Waals surface area contributed by atoms with Crippen molar-refractivity contribution >= 4 is 11.6 Å². The van der Waals surface area contributed by atoms with Crippen molar-refractivity contribution in [2.24, 2.45) is 0 Å². The summed E-state index contributed by atoms with van der Waals surface area (Å²) in [6.07, 6.45) is -0.0762. The number of para-hydroxylation sites is 1. The number of hydrogen-bond donors (Lipinski definition) is 2. The minimum atomic E-state index is -1.00. The molecule has 0 aliphatic carbocycles. The Hall–Kier alpha value is -1.95. The van der Waals surface area contributed by atoms with E-state index in [-0.39, 0.29) is 24.6 Å². The van der Waals surface area contributed by atoms with Gasteiger partial charge in [-0.25, -0.2) is 0 Å². The molecule has 1 aromatic carbocycles. The molecule has 0 saturated carbocycles. The van der Waals surface area contributed by atoms with Gasteiger partial charge in [-0.05, 0) is 13.8 Å². The van der Waals surface area contributed by atoms with Crippen LogP contribution in [0.3, 0.4) is 0 Å². The van der Waals surface area contributed by atoms with Crippen molar-refractivity contribution in [1.29, 1.82) is 0 Å². The molecule has 0 heterocycles. The Balaban J connectivity index is 2.68. The molecular weight excluding hydrogens is 236 g/mol. The number of benzene rings is 1. The second-order valence-corrected chi connectivity index (χ2v) is 4.65. The van der Waals surface area contributed by atoms with E-state index in [1.165, 1.54) is 6.07 Å². The summed E-state index contributed by atoms with van der Waals surface area (Å²) in [5.74, 6) is -0.355. The van der Waals surface area contributed by atoms with Crippen LogP contribution in [0.2, 0.25) is 0 Å². The second-order valence-electron chi connectivity index (χ2n) is 4.65. The summed E-state index contributed by atoms with van der Waals surface area (Å²) < 4.78 is 0. The Labute approximate surface area is 105 Å². The molecule has 1 aromatic rings. The predicted molar refractivity (Wildman–Crippen MR) is 66.1 cm³/mol. The SMILES string of the molecule is CC(C)(O)CNC(=O)Cc1ccccc1[N+](=O)[O-]. The third-order valence-corrected chi connectivity index (χ3v) is 2.26. The van der Waals surface area contributed by atoms with Gasteiger partial charge in [0.1, 0.15) is 0 Å². The molecule has 6 heteroatoms. The predicted octanol–water partition coefficient (Wildman–Crippen LogP) is 1.02. The summed E-state index contributed by atoms with van der Waals surface area (Å²) in [7, 11) is 0. The molecule has 0 atom stereocenters. The van der Waals surface area contributed by atoms with Crippen LogP contribution in [0.4, 0.5) is 5.69 Å². The molecule has 0 aliphatic rings. The number of carbonyl (C=O) groups is 1. The third kappa shape index (κ3) is 4.50. The molecule has 1 rings (SSSR count). The van der Waals surface area contributed by atoms with E-state index in [9.17, 15) is 20.0 Å². The van der Waals surface area contributed by atoms with Crippen molar-refractivity contribution in [2.75, 3.05) is 6.54 Å². The molecule has 1 amide bonds. The molecule has 0 aliphatic heterocycles. The highest BCUT2D eigenvalue weighted by Crippen LogP contribution is 2.17. The molecule has 98 valence electrons. The summed E-state index contributed by atoms with van der Waals surface area (Å²) >= 11 is 0. The van der Waals surface area contributed by atoms with Crippen molar-refractivity contribution in [3.8, 4) is 0 Å². The van der Waals surface area contributed by atoms with Gasteiger partial charge in [-0.1, -0.05) is 18.2 Å². The lowest BCUT2D eigenvalue weighted by molar-refractivity contribution is -0.385. The maximum Gasteiger partial charge on any atom is 0.273 e. The highest BCUT2D eigenvalue weighted by Gasteiger charge is 2.17. The van der Waals surface area contributed by atoms with Crippen LogP contribution in [0.15, 0.2) is 24.3 Å². The van der Waals surface area contributed by atoms with Crippen LogP contribution in [0, 0.1) is 10.1 Å². The summed E-state index contributed by atoms with van der Waals surface area (Å²) in [5, 5.41) is 22.7. The average molecular weight is 252 g/mol. The lowest BCUT2D eigenvalue weighted by Crippen LogP contribution is -2.38. The van der Waals surface area contributed by atoms with Crippen LogP contribution < -0.4 is 5.32 Å². The van der Waals surface area contributed by atoms with E-state index >= 15 is 0 Å². The number of hydrogen-bond acceptors (Lipinski definition) is 4. The van der Waals surface area contributed by atoms with E-state index in [2.05, 4.69) is 5.32 Å². The number of nitrogens with zero attached hydrogens (tertiary/aromatic N) is 1. The number of nitro groups is 1. The van der Waals surface area contributed by atoms with Crippen molar-refractivity contribution in [2.45, 2.75) is 25.9 Å². The van der Waals surface area contributed by atoms with E-state index in [1.807, 2.05) is 0 Å². The van der Waals surface area contributed by atoms with Crippen molar-refractivity contribution in [1.82, 2.24) is 5.32 Å². The summed E-state index contributed by atoms with van der Waals surface area (Å²) in [4.78, 5) is 21.8. The number of nitro benzene ring substituents is 1. The van der Waals surface area contributed by atoms with Gasteiger partial charge in [0.05, 0.1) is 16.9 Å². The molecule has 0 spiro atoms. The minimum absolute atomic E-state index is 0.0732. The average Bonchev–Trinajstić information content (AvgIpc) is 2.26. The van der Waals surface area contributed by atoms with Gasteiger partial charge in [-0.2, -0.15) is 0 Å². The summed E-state index contributed by atoms with van der Waals surface area (Å²) in [6.45, 7) is 3.24. The number of aliphatic hydroxyl groups is 1. The zero-order valence-corrected chi connectivity index (χ0v) is 10.3. The number of amides is 1. The van der Waals surface area contributed by atoms with Crippen LogP contribution in [-0.2, 0) is 11.2 Å². The molecule has 18 heavy (non-hydrogen) atoms. The third-order valence-electron chi connectivity index (χ3n) is 2.26. The standard InChI is InChI=1S/C12H16N2O4/c1-12(2,16)8-13-11(15)7-9-5-3-4-6-10(9)14(17)18/h3-6,16H,7-8H2,1-2H3,(H,13,15). The van der Waals surface area contributed by atoms with E-state index in [1.54, 1.807) is 32.0 Å². The highest BCUT2D eigenvalue weighted by molar-refractivity contribution is 5.79. The van der Waals surface area contributed by atoms with E-state index in [4.69, 9.17) is 0 Å². The number of carbonyl (C=O) groups excluding carboxylic acids is 1. The Morgan fingerprint density at radius 2 is 2.06 bits per heavy atom. The number of rotatable bonds is 5. The molecule has 2 N–H and O–H groups in total. The molecule has 0 unspecified atom stereocenters. The van der Waals surface area contributed by atoms with Crippen molar-refractivity contribution < 1.29 is 14.8 Å². The fourth-order valence-corrected chi connectivity index (χ4v) is 1.39. The minimum Gasteiger partial charge on any atom is -0.389 e. The molecule has 0 bridgehead atoms. The van der Waals surface area contributed by atoms with Gasteiger partial charge >= 0.3 is 0 Å². The van der Waals surface area contributed by atoms with Gasteiger partial charge in [-0.3, -0.25) is 14.9 Å².